The summed E-state index contributed by atoms with van der Waals surface area (Å²) in [5, 5.41) is 13.6. The third kappa shape index (κ3) is 3.57. The number of amides is 1. The highest BCUT2D eigenvalue weighted by Gasteiger charge is 2.14. The van der Waals surface area contributed by atoms with Crippen LogP contribution in [0.4, 0.5) is 5.69 Å². The first-order chi connectivity index (χ1) is 15.1. The van der Waals surface area contributed by atoms with Crippen molar-refractivity contribution < 1.29 is 4.79 Å². The number of rotatable bonds is 4. The van der Waals surface area contributed by atoms with E-state index in [-0.39, 0.29) is 18.0 Å². The van der Waals surface area contributed by atoms with E-state index in [1.54, 1.807) is 6.07 Å². The van der Waals surface area contributed by atoms with Gasteiger partial charge in [0.2, 0.25) is 5.91 Å². The Morgan fingerprint density at radius 1 is 1.00 bits per heavy atom. The number of hydrogen-bond acceptors (Lipinski definition) is 4. The van der Waals surface area contributed by atoms with Gasteiger partial charge in [0.1, 0.15) is 18.4 Å². The molecule has 2 heterocycles. The van der Waals surface area contributed by atoms with Gasteiger partial charge in [-0.15, -0.1) is 0 Å². The minimum Gasteiger partial charge on any atom is -0.324 e. The van der Waals surface area contributed by atoms with Crippen LogP contribution in [0.5, 0.6) is 0 Å². The Hall–Kier alpha value is -4.26. The summed E-state index contributed by atoms with van der Waals surface area (Å²) < 4.78 is 2.60. The molecular weight excluding hydrogens is 390 g/mol. The molecule has 5 aromatic rings. The van der Waals surface area contributed by atoms with Crippen molar-refractivity contribution in [3.63, 3.8) is 0 Å². The zero-order chi connectivity index (χ0) is 21.4. The second-order valence-electron chi connectivity index (χ2n) is 7.39. The number of carbonyl (C=O) groups is 1. The van der Waals surface area contributed by atoms with Gasteiger partial charge in [-0.25, -0.2) is 9.20 Å². The van der Waals surface area contributed by atoms with Crippen molar-refractivity contribution in [1.82, 2.24) is 19.4 Å². The largest absolute Gasteiger partial charge is 0.324 e. The molecule has 3 aromatic carbocycles. The topological polar surface area (TPSA) is 81.3 Å². The Morgan fingerprint density at radius 3 is 2.61 bits per heavy atom. The molecule has 0 aliphatic heterocycles. The van der Waals surface area contributed by atoms with Crippen molar-refractivity contribution in [3.05, 3.63) is 95.0 Å². The molecule has 0 aliphatic carbocycles. The van der Waals surface area contributed by atoms with Crippen molar-refractivity contribution in [3.8, 4) is 11.3 Å². The molecular formula is C24H19N5O2. The zero-order valence-electron chi connectivity index (χ0n) is 16.8. The average Bonchev–Trinajstić information content (AvgIpc) is 3.22. The molecule has 7 nitrogen and oxygen atoms in total. The van der Waals surface area contributed by atoms with Crippen LogP contribution >= 0.6 is 0 Å². The number of fused-ring (bicyclic) bond motifs is 2. The van der Waals surface area contributed by atoms with Gasteiger partial charge in [-0.1, -0.05) is 60.2 Å². The molecule has 31 heavy (non-hydrogen) atoms. The minimum absolute atomic E-state index is 0.183. The maximum atomic E-state index is 12.9. The lowest BCUT2D eigenvalue weighted by molar-refractivity contribution is -0.117. The lowest BCUT2D eigenvalue weighted by atomic mass is 10.0. The second-order valence-corrected chi connectivity index (χ2v) is 7.39. The fourth-order valence-electron chi connectivity index (χ4n) is 3.60. The van der Waals surface area contributed by atoms with Crippen LogP contribution in [0.3, 0.4) is 0 Å². The van der Waals surface area contributed by atoms with Gasteiger partial charge in [0, 0.05) is 11.3 Å². The monoisotopic (exact) mass is 409 g/mol. The molecule has 0 spiro atoms. The maximum absolute atomic E-state index is 12.9. The second kappa shape index (κ2) is 7.53. The molecule has 0 fully saturated rings. The van der Waals surface area contributed by atoms with Gasteiger partial charge < -0.3 is 5.32 Å². The number of nitrogens with zero attached hydrogens (tertiary/aromatic N) is 4. The van der Waals surface area contributed by atoms with Crippen molar-refractivity contribution in [2.45, 2.75) is 13.5 Å². The van der Waals surface area contributed by atoms with E-state index >= 15 is 0 Å². The summed E-state index contributed by atoms with van der Waals surface area (Å²) in [4.78, 5) is 25.3. The van der Waals surface area contributed by atoms with Gasteiger partial charge in [0.15, 0.2) is 0 Å². The Kier molecular flexibility index (Phi) is 4.55. The molecule has 152 valence electrons. The fraction of sp³-hybridized carbons (Fsp3) is 0.0833. The third-order valence-electron chi connectivity index (χ3n) is 5.18. The van der Waals surface area contributed by atoms with Crippen molar-refractivity contribution in [2.24, 2.45) is 0 Å². The molecule has 0 atom stereocenters. The predicted molar refractivity (Wildman–Crippen MR) is 120 cm³/mol. The van der Waals surface area contributed by atoms with Crippen LogP contribution in [0.25, 0.3) is 27.5 Å². The first-order valence-corrected chi connectivity index (χ1v) is 9.89. The molecule has 1 amide bonds. The summed E-state index contributed by atoms with van der Waals surface area (Å²) in [7, 11) is 0. The van der Waals surface area contributed by atoms with E-state index in [0.717, 1.165) is 26.6 Å². The molecule has 0 unspecified atom stereocenters. The van der Waals surface area contributed by atoms with Crippen molar-refractivity contribution in [2.75, 3.05) is 5.32 Å². The van der Waals surface area contributed by atoms with Crippen LogP contribution in [-0.2, 0) is 11.3 Å². The van der Waals surface area contributed by atoms with Gasteiger partial charge in [0.25, 0.3) is 5.56 Å². The van der Waals surface area contributed by atoms with Crippen LogP contribution in [0.1, 0.15) is 5.56 Å². The first kappa shape index (κ1) is 18.7. The molecule has 0 saturated heterocycles. The van der Waals surface area contributed by atoms with Crippen LogP contribution in [0, 0.1) is 6.92 Å². The Bertz CT molecular complexity index is 1480. The molecule has 0 saturated carbocycles. The Labute approximate surface area is 177 Å². The van der Waals surface area contributed by atoms with E-state index in [9.17, 15) is 9.59 Å². The molecule has 2 aromatic heterocycles. The van der Waals surface area contributed by atoms with Crippen molar-refractivity contribution in [1.29, 1.82) is 0 Å². The molecule has 0 bridgehead atoms. The summed E-state index contributed by atoms with van der Waals surface area (Å²) in [5.74, 6) is -0.323. The lowest BCUT2D eigenvalue weighted by Gasteiger charge is -2.07. The highest BCUT2D eigenvalue weighted by molar-refractivity contribution is 5.96. The number of carbonyl (C=O) groups excluding carboxylic acids is 1. The highest BCUT2D eigenvalue weighted by Crippen LogP contribution is 2.27. The highest BCUT2D eigenvalue weighted by atomic mass is 16.2. The Balaban J connectivity index is 1.47. The van der Waals surface area contributed by atoms with E-state index in [2.05, 4.69) is 15.5 Å². The normalized spacial score (nSPS) is 11.1. The molecule has 7 heteroatoms. The summed E-state index contributed by atoms with van der Waals surface area (Å²) >= 11 is 0. The summed E-state index contributed by atoms with van der Waals surface area (Å²) in [6.45, 7) is 1.79. The van der Waals surface area contributed by atoms with Crippen molar-refractivity contribution >= 4 is 27.9 Å². The molecule has 0 radical (unpaired) electrons. The molecule has 0 aliphatic rings. The number of anilines is 1. The van der Waals surface area contributed by atoms with E-state index in [0.29, 0.717) is 16.9 Å². The van der Waals surface area contributed by atoms with Gasteiger partial charge >= 0.3 is 0 Å². The van der Waals surface area contributed by atoms with E-state index in [1.807, 2.05) is 73.7 Å². The Morgan fingerprint density at radius 2 is 1.77 bits per heavy atom. The number of nitrogens with one attached hydrogen (secondary N) is 1. The standard InChI is InChI=1S/C24H19N5O2/c1-16-9-11-18(12-10-16)26-23(30)14-28-24(31)22-13-21(27-29(22)15-25-28)20-8-4-6-17-5-2-3-7-19(17)20/h2-13,15H,14H2,1H3,(H,26,30). The summed E-state index contributed by atoms with van der Waals surface area (Å²) in [5.41, 5.74) is 3.38. The molecule has 1 N–H and O–H groups in total. The van der Waals surface area contributed by atoms with E-state index < -0.39 is 0 Å². The van der Waals surface area contributed by atoms with Gasteiger partial charge in [-0.3, -0.25) is 9.59 Å². The fourth-order valence-corrected chi connectivity index (χ4v) is 3.60. The van der Waals surface area contributed by atoms with E-state index in [1.165, 1.54) is 10.8 Å². The SMILES string of the molecule is Cc1ccc(NC(=O)Cn2ncn3nc(-c4cccc5ccccc45)cc3c2=O)cc1. The van der Waals surface area contributed by atoms with Crippen LogP contribution in [-0.4, -0.2) is 25.3 Å². The summed E-state index contributed by atoms with van der Waals surface area (Å²) in [6.07, 6.45) is 1.45. The quantitative estimate of drug-likeness (QED) is 0.491. The van der Waals surface area contributed by atoms with E-state index in [4.69, 9.17) is 0 Å². The number of aromatic nitrogens is 4. The lowest BCUT2D eigenvalue weighted by Crippen LogP contribution is -2.30. The number of hydrogen-bond donors (Lipinski definition) is 1. The van der Waals surface area contributed by atoms with Gasteiger partial charge in [-0.05, 0) is 35.9 Å². The molecule has 5 rings (SSSR count). The third-order valence-corrected chi connectivity index (χ3v) is 5.18. The number of aryl methyl sites for hydroxylation is 1. The zero-order valence-corrected chi connectivity index (χ0v) is 16.8. The van der Waals surface area contributed by atoms with Gasteiger partial charge in [-0.2, -0.15) is 10.2 Å². The summed E-state index contributed by atoms with van der Waals surface area (Å²) in [6, 6.07) is 23.2. The van der Waals surface area contributed by atoms with Crippen LogP contribution < -0.4 is 10.9 Å². The maximum Gasteiger partial charge on any atom is 0.293 e. The number of benzene rings is 3. The predicted octanol–water partition coefficient (Wildman–Crippen LogP) is 3.66. The average molecular weight is 409 g/mol. The van der Waals surface area contributed by atoms with Crippen LogP contribution in [0.15, 0.2) is 83.9 Å². The van der Waals surface area contributed by atoms with Crippen LogP contribution in [0.2, 0.25) is 0 Å². The smallest absolute Gasteiger partial charge is 0.293 e. The van der Waals surface area contributed by atoms with Gasteiger partial charge in [0.05, 0.1) is 5.69 Å². The minimum atomic E-state index is -0.374. The first-order valence-electron chi connectivity index (χ1n) is 9.89.